The Morgan fingerprint density at radius 1 is 1.56 bits per heavy atom. The quantitative estimate of drug-likeness (QED) is 0.876. The van der Waals surface area contributed by atoms with Gasteiger partial charge in [0.05, 0.1) is 10.4 Å². The van der Waals surface area contributed by atoms with Crippen LogP contribution < -0.4 is 11.1 Å². The zero-order valence-electron chi connectivity index (χ0n) is 10.6. The second-order valence-corrected chi connectivity index (χ2v) is 5.15. The van der Waals surface area contributed by atoms with Crippen LogP contribution in [0.4, 0.5) is 10.1 Å². The van der Waals surface area contributed by atoms with Crippen molar-refractivity contribution in [1.29, 1.82) is 0 Å². The lowest BCUT2D eigenvalue weighted by molar-refractivity contribution is -0.119. The minimum Gasteiger partial charge on any atom is -0.330 e. The summed E-state index contributed by atoms with van der Waals surface area (Å²) in [6.45, 7) is 4.08. The van der Waals surface area contributed by atoms with Crippen LogP contribution in [0.15, 0.2) is 16.6 Å². The number of halogens is 2. The van der Waals surface area contributed by atoms with Gasteiger partial charge in [-0.1, -0.05) is 13.3 Å². The molecule has 1 aromatic carbocycles. The molecule has 0 bridgehead atoms. The summed E-state index contributed by atoms with van der Waals surface area (Å²) in [5.41, 5.74) is 6.88. The lowest BCUT2D eigenvalue weighted by Gasteiger charge is -2.15. The summed E-state index contributed by atoms with van der Waals surface area (Å²) < 4.78 is 13.6. The molecular formula is C13H18BrFN2O. The molecule has 1 amide bonds. The van der Waals surface area contributed by atoms with Gasteiger partial charge in [0.2, 0.25) is 5.91 Å². The van der Waals surface area contributed by atoms with E-state index in [-0.39, 0.29) is 17.6 Å². The molecule has 3 nitrogen and oxygen atoms in total. The second kappa shape index (κ2) is 6.85. The minimum absolute atomic E-state index is 0.110. The van der Waals surface area contributed by atoms with Crippen molar-refractivity contribution in [2.45, 2.75) is 26.7 Å². The topological polar surface area (TPSA) is 55.1 Å². The number of rotatable bonds is 5. The van der Waals surface area contributed by atoms with Crippen LogP contribution in [0.3, 0.4) is 0 Å². The predicted octanol–water partition coefficient (Wildman–Crippen LogP) is 3.21. The van der Waals surface area contributed by atoms with Crippen LogP contribution in [0.5, 0.6) is 0 Å². The maximum absolute atomic E-state index is 13.3. The van der Waals surface area contributed by atoms with E-state index in [4.69, 9.17) is 5.73 Å². The molecule has 1 rings (SSSR count). The van der Waals surface area contributed by atoms with Gasteiger partial charge in [-0.15, -0.1) is 0 Å². The highest BCUT2D eigenvalue weighted by molar-refractivity contribution is 9.10. The van der Waals surface area contributed by atoms with Gasteiger partial charge in [0.1, 0.15) is 5.82 Å². The molecule has 0 spiro atoms. The molecule has 1 unspecified atom stereocenters. The van der Waals surface area contributed by atoms with E-state index in [1.54, 1.807) is 13.0 Å². The Morgan fingerprint density at radius 2 is 2.22 bits per heavy atom. The lowest BCUT2D eigenvalue weighted by Crippen LogP contribution is -2.29. The van der Waals surface area contributed by atoms with Crippen LogP contribution in [0.2, 0.25) is 0 Å². The highest BCUT2D eigenvalue weighted by Crippen LogP contribution is 2.24. The normalized spacial score (nSPS) is 12.3. The van der Waals surface area contributed by atoms with Crippen LogP contribution in [-0.4, -0.2) is 12.5 Å². The van der Waals surface area contributed by atoms with Gasteiger partial charge in [-0.25, -0.2) is 4.39 Å². The summed E-state index contributed by atoms with van der Waals surface area (Å²) >= 11 is 3.10. The molecule has 0 saturated carbocycles. The first-order chi connectivity index (χ1) is 8.49. The molecule has 0 heterocycles. The van der Waals surface area contributed by atoms with Crippen LogP contribution in [0.25, 0.3) is 0 Å². The molecule has 0 aliphatic carbocycles. The molecule has 0 radical (unpaired) electrons. The number of hydrogen-bond acceptors (Lipinski definition) is 2. The van der Waals surface area contributed by atoms with Crippen LogP contribution in [0.1, 0.15) is 25.3 Å². The Labute approximate surface area is 115 Å². The van der Waals surface area contributed by atoms with Gasteiger partial charge in [0.25, 0.3) is 0 Å². The number of carbonyl (C=O) groups is 1. The molecule has 0 aliphatic rings. The van der Waals surface area contributed by atoms with Gasteiger partial charge in [0, 0.05) is 12.2 Å². The van der Waals surface area contributed by atoms with Crippen molar-refractivity contribution in [1.82, 2.24) is 0 Å². The summed E-state index contributed by atoms with van der Waals surface area (Å²) in [6.07, 6.45) is 1.66. The van der Waals surface area contributed by atoms with E-state index in [2.05, 4.69) is 21.2 Å². The van der Waals surface area contributed by atoms with Gasteiger partial charge in [-0.3, -0.25) is 4.79 Å². The second-order valence-electron chi connectivity index (χ2n) is 4.29. The van der Waals surface area contributed by atoms with E-state index in [9.17, 15) is 9.18 Å². The average Bonchev–Trinajstić information content (AvgIpc) is 2.32. The first kappa shape index (κ1) is 15.1. The highest BCUT2D eigenvalue weighted by atomic mass is 79.9. The molecule has 1 aromatic rings. The maximum atomic E-state index is 13.3. The fraction of sp³-hybridized carbons (Fsp3) is 0.462. The van der Waals surface area contributed by atoms with Crippen LogP contribution >= 0.6 is 15.9 Å². The van der Waals surface area contributed by atoms with Gasteiger partial charge < -0.3 is 11.1 Å². The summed E-state index contributed by atoms with van der Waals surface area (Å²) in [7, 11) is 0. The molecule has 0 aliphatic heterocycles. The van der Waals surface area contributed by atoms with E-state index < -0.39 is 0 Å². The van der Waals surface area contributed by atoms with Crippen molar-refractivity contribution < 1.29 is 9.18 Å². The Morgan fingerprint density at radius 3 is 2.78 bits per heavy atom. The zero-order chi connectivity index (χ0) is 13.7. The minimum atomic E-state index is -0.338. The number of amides is 1. The first-order valence-electron chi connectivity index (χ1n) is 5.96. The van der Waals surface area contributed by atoms with E-state index in [1.807, 2.05) is 6.92 Å². The Balaban J connectivity index is 2.84. The number of nitrogens with one attached hydrogen (secondary N) is 1. The third kappa shape index (κ3) is 3.78. The van der Waals surface area contributed by atoms with Crippen LogP contribution in [0, 0.1) is 18.7 Å². The molecule has 0 fully saturated rings. The van der Waals surface area contributed by atoms with Crippen molar-refractivity contribution in [2.24, 2.45) is 11.7 Å². The largest absolute Gasteiger partial charge is 0.330 e. The number of anilines is 1. The van der Waals surface area contributed by atoms with Gasteiger partial charge >= 0.3 is 0 Å². The summed E-state index contributed by atoms with van der Waals surface area (Å²) in [5, 5.41) is 2.80. The molecule has 1 atom stereocenters. The fourth-order valence-corrected chi connectivity index (χ4v) is 2.06. The van der Waals surface area contributed by atoms with Crippen molar-refractivity contribution in [2.75, 3.05) is 11.9 Å². The highest BCUT2D eigenvalue weighted by Gasteiger charge is 2.17. The number of nitrogens with two attached hydrogens (primary N) is 1. The molecule has 5 heteroatoms. The zero-order valence-corrected chi connectivity index (χ0v) is 12.2. The number of hydrogen-bond donors (Lipinski definition) is 2. The Kier molecular flexibility index (Phi) is 5.75. The fourth-order valence-electron chi connectivity index (χ4n) is 1.72. The molecule has 18 heavy (non-hydrogen) atoms. The van der Waals surface area contributed by atoms with E-state index in [0.29, 0.717) is 22.3 Å². The Hall–Kier alpha value is -0.940. The SMILES string of the molecule is CCCC(CN)C(=O)Nc1cc(Br)c(F)cc1C. The lowest BCUT2D eigenvalue weighted by atomic mass is 10.0. The van der Waals surface area contributed by atoms with Gasteiger partial charge in [-0.05, 0) is 47.0 Å². The van der Waals surface area contributed by atoms with Crippen molar-refractivity contribution in [3.05, 3.63) is 28.0 Å². The van der Waals surface area contributed by atoms with Crippen molar-refractivity contribution in [3.8, 4) is 0 Å². The van der Waals surface area contributed by atoms with E-state index >= 15 is 0 Å². The third-order valence-electron chi connectivity index (χ3n) is 2.82. The first-order valence-corrected chi connectivity index (χ1v) is 6.75. The van der Waals surface area contributed by atoms with E-state index in [0.717, 1.165) is 12.8 Å². The maximum Gasteiger partial charge on any atom is 0.228 e. The number of carbonyl (C=O) groups excluding carboxylic acids is 1. The van der Waals surface area contributed by atoms with Crippen LogP contribution in [-0.2, 0) is 4.79 Å². The summed E-state index contributed by atoms with van der Waals surface area (Å²) in [4.78, 5) is 12.0. The molecule has 3 N–H and O–H groups in total. The van der Waals surface area contributed by atoms with Gasteiger partial charge in [0.15, 0.2) is 0 Å². The third-order valence-corrected chi connectivity index (χ3v) is 3.43. The smallest absolute Gasteiger partial charge is 0.228 e. The predicted molar refractivity (Wildman–Crippen MR) is 74.9 cm³/mol. The van der Waals surface area contributed by atoms with Crippen molar-refractivity contribution in [3.63, 3.8) is 0 Å². The molecule has 0 saturated heterocycles. The number of aryl methyl sites for hydroxylation is 1. The molecular weight excluding hydrogens is 299 g/mol. The monoisotopic (exact) mass is 316 g/mol. The number of benzene rings is 1. The summed E-state index contributed by atoms with van der Waals surface area (Å²) in [5.74, 6) is -0.645. The average molecular weight is 317 g/mol. The van der Waals surface area contributed by atoms with Crippen molar-refractivity contribution >= 4 is 27.5 Å². The van der Waals surface area contributed by atoms with E-state index in [1.165, 1.54) is 6.07 Å². The Bertz CT molecular complexity index is 437. The summed E-state index contributed by atoms with van der Waals surface area (Å²) in [6, 6.07) is 2.96. The molecule has 100 valence electrons. The standard InChI is InChI=1S/C13H18BrFN2O/c1-3-4-9(7-16)13(18)17-12-6-10(14)11(15)5-8(12)2/h5-6,9H,3-4,7,16H2,1-2H3,(H,17,18). The van der Waals surface area contributed by atoms with Gasteiger partial charge in [-0.2, -0.15) is 0 Å². The molecule has 0 aromatic heterocycles.